The molecule has 0 atom stereocenters. The van der Waals surface area contributed by atoms with Gasteiger partial charge in [0.1, 0.15) is 0 Å². The Morgan fingerprint density at radius 3 is 2.46 bits per heavy atom. The Kier molecular flexibility index (Phi) is 4.82. The maximum absolute atomic E-state index is 11.8. The van der Waals surface area contributed by atoms with Gasteiger partial charge in [-0.3, -0.25) is 9.69 Å². The Morgan fingerprint density at radius 1 is 1.04 bits per heavy atom. The average molecular weight is 348 g/mol. The number of amides is 1. The molecule has 0 spiro atoms. The van der Waals surface area contributed by atoms with Gasteiger partial charge in [0.05, 0.1) is 0 Å². The largest absolute Gasteiger partial charge is 0.355 e. The topological polar surface area (TPSA) is 32.3 Å². The zero-order chi connectivity index (χ0) is 18.1. The first-order valence-corrected chi connectivity index (χ1v) is 9.84. The molecule has 1 N–H and O–H groups in total. The number of carbonyl (C=O) groups excluding carboxylic acids is 1. The lowest BCUT2D eigenvalue weighted by Gasteiger charge is -2.36. The first-order valence-electron chi connectivity index (χ1n) is 9.84. The molecule has 1 heterocycles. The van der Waals surface area contributed by atoms with Crippen molar-refractivity contribution >= 4 is 5.91 Å². The van der Waals surface area contributed by atoms with Crippen LogP contribution in [0.2, 0.25) is 0 Å². The van der Waals surface area contributed by atoms with Crippen LogP contribution in [0.5, 0.6) is 0 Å². The summed E-state index contributed by atoms with van der Waals surface area (Å²) in [5, 5.41) is 2.69. The number of benzene rings is 2. The molecule has 3 nitrogen and oxygen atoms in total. The standard InChI is InChI=1S/C23H28N2O/c1-16-14-20(23(26)24-2)8-9-22(16)19-7-6-17-10-12-25(21-4-3-5-21)13-11-18(17)15-19/h6-9,14-15,21H,3-5,10-13H2,1-2H3,(H,24,26). The molecule has 0 saturated heterocycles. The Labute approximate surface area is 156 Å². The van der Waals surface area contributed by atoms with Gasteiger partial charge >= 0.3 is 0 Å². The molecule has 2 aromatic carbocycles. The molecule has 1 aliphatic carbocycles. The summed E-state index contributed by atoms with van der Waals surface area (Å²) in [7, 11) is 1.67. The summed E-state index contributed by atoms with van der Waals surface area (Å²) in [4.78, 5) is 14.5. The zero-order valence-electron chi connectivity index (χ0n) is 15.8. The molecule has 4 rings (SSSR count). The maximum Gasteiger partial charge on any atom is 0.251 e. The second-order valence-corrected chi connectivity index (χ2v) is 7.71. The number of carbonyl (C=O) groups is 1. The van der Waals surface area contributed by atoms with Crippen LogP contribution in [0.25, 0.3) is 11.1 Å². The first-order chi connectivity index (χ1) is 12.7. The molecule has 26 heavy (non-hydrogen) atoms. The van der Waals surface area contributed by atoms with Crippen molar-refractivity contribution in [3.8, 4) is 11.1 Å². The quantitative estimate of drug-likeness (QED) is 0.910. The Morgan fingerprint density at radius 2 is 1.81 bits per heavy atom. The van der Waals surface area contributed by atoms with Crippen LogP contribution in [-0.2, 0) is 12.8 Å². The van der Waals surface area contributed by atoms with Crippen molar-refractivity contribution in [1.82, 2.24) is 10.2 Å². The van der Waals surface area contributed by atoms with Gasteiger partial charge in [-0.1, -0.05) is 30.7 Å². The molecular weight excluding hydrogens is 320 g/mol. The van der Waals surface area contributed by atoms with E-state index in [1.807, 2.05) is 12.1 Å². The van der Waals surface area contributed by atoms with Crippen molar-refractivity contribution in [2.75, 3.05) is 20.1 Å². The van der Waals surface area contributed by atoms with Crippen molar-refractivity contribution in [2.24, 2.45) is 0 Å². The number of hydrogen-bond acceptors (Lipinski definition) is 2. The molecule has 136 valence electrons. The predicted molar refractivity (Wildman–Crippen MR) is 107 cm³/mol. The van der Waals surface area contributed by atoms with Crippen LogP contribution >= 0.6 is 0 Å². The van der Waals surface area contributed by atoms with Gasteiger partial charge in [-0.15, -0.1) is 0 Å². The van der Waals surface area contributed by atoms with E-state index in [4.69, 9.17) is 0 Å². The fourth-order valence-corrected chi connectivity index (χ4v) is 4.30. The molecule has 1 fully saturated rings. The molecule has 0 radical (unpaired) electrons. The third kappa shape index (κ3) is 3.28. The summed E-state index contributed by atoms with van der Waals surface area (Å²) < 4.78 is 0. The van der Waals surface area contributed by atoms with E-state index in [0.717, 1.165) is 23.6 Å². The average Bonchev–Trinajstić information content (AvgIpc) is 2.82. The molecule has 0 unspecified atom stereocenters. The van der Waals surface area contributed by atoms with E-state index < -0.39 is 0 Å². The highest BCUT2D eigenvalue weighted by atomic mass is 16.1. The highest BCUT2D eigenvalue weighted by Gasteiger charge is 2.26. The second-order valence-electron chi connectivity index (χ2n) is 7.71. The third-order valence-corrected chi connectivity index (χ3v) is 6.16. The van der Waals surface area contributed by atoms with Gasteiger partial charge in [-0.2, -0.15) is 0 Å². The van der Waals surface area contributed by atoms with E-state index in [-0.39, 0.29) is 5.91 Å². The lowest BCUT2D eigenvalue weighted by atomic mass is 9.91. The summed E-state index contributed by atoms with van der Waals surface area (Å²) >= 11 is 0. The lowest BCUT2D eigenvalue weighted by Crippen LogP contribution is -2.41. The van der Waals surface area contributed by atoms with Gasteiger partial charge in [0.2, 0.25) is 0 Å². The minimum atomic E-state index is -0.0299. The van der Waals surface area contributed by atoms with Crippen LogP contribution in [0.3, 0.4) is 0 Å². The van der Waals surface area contributed by atoms with Crippen molar-refractivity contribution in [1.29, 1.82) is 0 Å². The zero-order valence-corrected chi connectivity index (χ0v) is 15.8. The lowest BCUT2D eigenvalue weighted by molar-refractivity contribution is 0.0963. The second kappa shape index (κ2) is 7.24. The Hall–Kier alpha value is -2.13. The van der Waals surface area contributed by atoms with E-state index in [1.54, 1.807) is 7.05 Å². The van der Waals surface area contributed by atoms with Crippen LogP contribution in [0.15, 0.2) is 36.4 Å². The molecule has 3 heteroatoms. The molecule has 1 aliphatic heterocycles. The summed E-state index contributed by atoms with van der Waals surface area (Å²) in [6.07, 6.45) is 6.50. The molecular formula is C23H28N2O. The van der Waals surface area contributed by atoms with E-state index >= 15 is 0 Å². The van der Waals surface area contributed by atoms with Crippen molar-refractivity contribution < 1.29 is 4.79 Å². The normalized spacial score (nSPS) is 17.9. The number of fused-ring (bicyclic) bond motifs is 1. The fraction of sp³-hybridized carbons (Fsp3) is 0.435. The number of rotatable bonds is 3. The smallest absolute Gasteiger partial charge is 0.251 e. The molecule has 2 aromatic rings. The van der Waals surface area contributed by atoms with Gasteiger partial charge in [-0.05, 0) is 72.6 Å². The highest BCUT2D eigenvalue weighted by molar-refractivity contribution is 5.94. The van der Waals surface area contributed by atoms with Gasteiger partial charge in [0, 0.05) is 31.7 Å². The SMILES string of the molecule is CNC(=O)c1ccc(-c2ccc3c(c2)CCN(C2CCC2)CC3)c(C)c1. The van der Waals surface area contributed by atoms with Crippen LogP contribution in [-0.4, -0.2) is 37.0 Å². The summed E-state index contributed by atoms with van der Waals surface area (Å²) in [6.45, 7) is 4.48. The van der Waals surface area contributed by atoms with Crippen LogP contribution in [0.1, 0.15) is 46.3 Å². The van der Waals surface area contributed by atoms with Gasteiger partial charge in [0.15, 0.2) is 0 Å². The van der Waals surface area contributed by atoms with Crippen LogP contribution < -0.4 is 5.32 Å². The van der Waals surface area contributed by atoms with Crippen LogP contribution in [0.4, 0.5) is 0 Å². The van der Waals surface area contributed by atoms with E-state index in [1.165, 1.54) is 61.0 Å². The van der Waals surface area contributed by atoms with E-state index in [9.17, 15) is 4.79 Å². The maximum atomic E-state index is 11.8. The van der Waals surface area contributed by atoms with E-state index in [2.05, 4.69) is 41.4 Å². The molecule has 2 aliphatic rings. The van der Waals surface area contributed by atoms with Gasteiger partial charge < -0.3 is 5.32 Å². The van der Waals surface area contributed by atoms with Gasteiger partial charge in [0.25, 0.3) is 5.91 Å². The fourth-order valence-electron chi connectivity index (χ4n) is 4.30. The van der Waals surface area contributed by atoms with Crippen LogP contribution in [0, 0.1) is 6.92 Å². The van der Waals surface area contributed by atoms with Crippen molar-refractivity contribution in [3.05, 3.63) is 58.7 Å². The highest BCUT2D eigenvalue weighted by Crippen LogP contribution is 2.30. The Bertz CT molecular complexity index is 823. The minimum Gasteiger partial charge on any atom is -0.355 e. The minimum absolute atomic E-state index is 0.0299. The number of aryl methyl sites for hydroxylation is 1. The number of hydrogen-bond donors (Lipinski definition) is 1. The number of nitrogens with one attached hydrogen (secondary N) is 1. The molecule has 1 amide bonds. The first kappa shape index (κ1) is 17.3. The molecule has 1 saturated carbocycles. The molecule has 0 bridgehead atoms. The van der Waals surface area contributed by atoms with Gasteiger partial charge in [-0.25, -0.2) is 0 Å². The predicted octanol–water partition coefficient (Wildman–Crippen LogP) is 3.97. The third-order valence-electron chi connectivity index (χ3n) is 6.16. The van der Waals surface area contributed by atoms with Crippen molar-refractivity contribution in [3.63, 3.8) is 0 Å². The van der Waals surface area contributed by atoms with E-state index in [0.29, 0.717) is 0 Å². The van der Waals surface area contributed by atoms with Crippen molar-refractivity contribution in [2.45, 2.75) is 45.1 Å². The Balaban J connectivity index is 1.58. The molecule has 0 aromatic heterocycles. The summed E-state index contributed by atoms with van der Waals surface area (Å²) in [6, 6.07) is 13.8. The summed E-state index contributed by atoms with van der Waals surface area (Å²) in [5.74, 6) is -0.0299. The monoisotopic (exact) mass is 348 g/mol. The number of nitrogens with zero attached hydrogens (tertiary/aromatic N) is 1. The summed E-state index contributed by atoms with van der Waals surface area (Å²) in [5.41, 5.74) is 7.37.